The maximum absolute atomic E-state index is 11.9. The smallest absolute Gasteiger partial charge is 0.223 e. The van der Waals surface area contributed by atoms with E-state index in [0.29, 0.717) is 12.0 Å². The minimum absolute atomic E-state index is 0.288. The van der Waals surface area contributed by atoms with Crippen molar-refractivity contribution in [1.82, 2.24) is 5.32 Å². The molecule has 0 aromatic heterocycles. The lowest BCUT2D eigenvalue weighted by Crippen LogP contribution is -2.29. The predicted molar refractivity (Wildman–Crippen MR) is 79.9 cm³/mol. The van der Waals surface area contributed by atoms with Crippen LogP contribution in [0.2, 0.25) is 0 Å². The van der Waals surface area contributed by atoms with Gasteiger partial charge in [-0.15, -0.1) is 0 Å². The standard InChI is InChI=1S/C18H21NO/c20-18-16-12-6-5-11-15(16)17(19-18)13-7-4-10-14-8-2-1-3-9-14/h1-3,8-9,15-17H,5-7,11-13H2,(H,19,20)/t15-,16+,17-/m0/s1. The van der Waals surface area contributed by atoms with Crippen LogP contribution < -0.4 is 5.32 Å². The number of nitrogens with one attached hydrogen (secondary N) is 1. The molecule has 1 aromatic rings. The molecule has 1 saturated heterocycles. The Morgan fingerprint density at radius 3 is 2.80 bits per heavy atom. The summed E-state index contributed by atoms with van der Waals surface area (Å²) in [6.45, 7) is 0. The second-order valence-electron chi connectivity index (χ2n) is 5.88. The molecule has 1 aromatic carbocycles. The summed E-state index contributed by atoms with van der Waals surface area (Å²) in [5, 5.41) is 3.19. The molecular weight excluding hydrogens is 246 g/mol. The molecule has 104 valence electrons. The molecule has 2 fully saturated rings. The Bertz CT molecular complexity index is 525. The van der Waals surface area contributed by atoms with Crippen LogP contribution in [0.1, 0.15) is 44.1 Å². The molecule has 2 nitrogen and oxygen atoms in total. The van der Waals surface area contributed by atoms with Crippen molar-refractivity contribution in [2.75, 3.05) is 0 Å². The van der Waals surface area contributed by atoms with Crippen molar-refractivity contribution in [3.63, 3.8) is 0 Å². The van der Waals surface area contributed by atoms with Gasteiger partial charge in [-0.05, 0) is 37.3 Å². The van der Waals surface area contributed by atoms with Crippen molar-refractivity contribution >= 4 is 5.91 Å². The molecule has 1 heterocycles. The quantitative estimate of drug-likeness (QED) is 0.820. The summed E-state index contributed by atoms with van der Waals surface area (Å²) in [5.74, 6) is 7.57. The van der Waals surface area contributed by atoms with Gasteiger partial charge in [0.1, 0.15) is 0 Å². The Morgan fingerprint density at radius 2 is 1.95 bits per heavy atom. The Kier molecular flexibility index (Phi) is 4.06. The maximum Gasteiger partial charge on any atom is 0.223 e. The van der Waals surface area contributed by atoms with Gasteiger partial charge in [0.25, 0.3) is 0 Å². The highest BCUT2D eigenvalue weighted by Crippen LogP contribution is 2.37. The first-order chi connectivity index (χ1) is 9.84. The molecule has 0 bridgehead atoms. The summed E-state index contributed by atoms with van der Waals surface area (Å²) in [7, 11) is 0. The third kappa shape index (κ3) is 2.88. The molecule has 2 aliphatic rings. The largest absolute Gasteiger partial charge is 0.353 e. The van der Waals surface area contributed by atoms with Crippen LogP contribution >= 0.6 is 0 Å². The van der Waals surface area contributed by atoms with Crippen molar-refractivity contribution in [3.8, 4) is 11.8 Å². The molecule has 3 atom stereocenters. The average Bonchev–Trinajstić information content (AvgIpc) is 2.82. The first kappa shape index (κ1) is 13.2. The van der Waals surface area contributed by atoms with Crippen LogP contribution in [0.5, 0.6) is 0 Å². The van der Waals surface area contributed by atoms with E-state index in [1.807, 2.05) is 30.3 Å². The molecule has 0 unspecified atom stereocenters. The number of carbonyl (C=O) groups excluding carboxylic acids is 1. The Hall–Kier alpha value is -1.75. The highest BCUT2D eigenvalue weighted by molar-refractivity contribution is 5.82. The van der Waals surface area contributed by atoms with E-state index in [0.717, 1.165) is 24.8 Å². The molecule has 0 radical (unpaired) electrons. The van der Waals surface area contributed by atoms with Gasteiger partial charge in [0, 0.05) is 23.9 Å². The number of amides is 1. The fourth-order valence-electron chi connectivity index (χ4n) is 3.56. The third-order valence-corrected chi connectivity index (χ3v) is 4.59. The summed E-state index contributed by atoms with van der Waals surface area (Å²) in [5.41, 5.74) is 1.07. The van der Waals surface area contributed by atoms with Crippen LogP contribution in [-0.4, -0.2) is 11.9 Å². The number of fused-ring (bicyclic) bond motifs is 1. The van der Waals surface area contributed by atoms with Crippen LogP contribution in [0.25, 0.3) is 0 Å². The summed E-state index contributed by atoms with van der Waals surface area (Å²) in [4.78, 5) is 11.9. The monoisotopic (exact) mass is 267 g/mol. The number of hydrogen-bond acceptors (Lipinski definition) is 1. The second-order valence-corrected chi connectivity index (χ2v) is 5.88. The number of benzene rings is 1. The molecule has 0 spiro atoms. The van der Waals surface area contributed by atoms with Crippen molar-refractivity contribution in [2.24, 2.45) is 11.8 Å². The Labute approximate surface area is 121 Å². The van der Waals surface area contributed by atoms with Crippen LogP contribution in [0, 0.1) is 23.7 Å². The van der Waals surface area contributed by atoms with E-state index in [1.165, 1.54) is 19.3 Å². The molecule has 1 N–H and O–H groups in total. The lowest BCUT2D eigenvalue weighted by Gasteiger charge is -2.26. The molecule has 20 heavy (non-hydrogen) atoms. The zero-order chi connectivity index (χ0) is 13.8. The zero-order valence-electron chi connectivity index (χ0n) is 11.8. The normalized spacial score (nSPS) is 28.2. The van der Waals surface area contributed by atoms with Gasteiger partial charge in [-0.25, -0.2) is 0 Å². The summed E-state index contributed by atoms with van der Waals surface area (Å²) >= 11 is 0. The highest BCUT2D eigenvalue weighted by Gasteiger charge is 2.42. The van der Waals surface area contributed by atoms with Gasteiger partial charge in [-0.1, -0.05) is 42.9 Å². The fraction of sp³-hybridized carbons (Fsp3) is 0.500. The molecule has 3 rings (SSSR count). The molecular formula is C18H21NO. The Morgan fingerprint density at radius 1 is 1.15 bits per heavy atom. The molecule has 1 aliphatic carbocycles. The van der Waals surface area contributed by atoms with Gasteiger partial charge in [-0.3, -0.25) is 4.79 Å². The lowest BCUT2D eigenvalue weighted by atomic mass is 9.77. The first-order valence-electron chi connectivity index (χ1n) is 7.69. The topological polar surface area (TPSA) is 29.1 Å². The third-order valence-electron chi connectivity index (χ3n) is 4.59. The van der Waals surface area contributed by atoms with Crippen molar-refractivity contribution in [3.05, 3.63) is 35.9 Å². The molecule has 2 heteroatoms. The number of rotatable bonds is 2. The van der Waals surface area contributed by atoms with Gasteiger partial charge in [-0.2, -0.15) is 0 Å². The Balaban J connectivity index is 1.54. The van der Waals surface area contributed by atoms with Gasteiger partial charge in [0.2, 0.25) is 5.91 Å². The van der Waals surface area contributed by atoms with Gasteiger partial charge < -0.3 is 5.32 Å². The second kappa shape index (κ2) is 6.13. The minimum Gasteiger partial charge on any atom is -0.353 e. The molecule has 1 saturated carbocycles. The van der Waals surface area contributed by atoms with Crippen molar-refractivity contribution in [1.29, 1.82) is 0 Å². The average molecular weight is 267 g/mol. The van der Waals surface area contributed by atoms with E-state index >= 15 is 0 Å². The summed E-state index contributed by atoms with van der Waals surface area (Å²) in [6, 6.07) is 10.4. The predicted octanol–water partition coefficient (Wildman–Crippen LogP) is 3.12. The summed E-state index contributed by atoms with van der Waals surface area (Å²) in [6.07, 6.45) is 6.65. The number of carbonyl (C=O) groups is 1. The van der Waals surface area contributed by atoms with E-state index < -0.39 is 0 Å². The lowest BCUT2D eigenvalue weighted by molar-refractivity contribution is -0.123. The van der Waals surface area contributed by atoms with Gasteiger partial charge >= 0.3 is 0 Å². The highest BCUT2D eigenvalue weighted by atomic mass is 16.2. The first-order valence-corrected chi connectivity index (χ1v) is 7.69. The van der Waals surface area contributed by atoms with Crippen LogP contribution in [0.4, 0.5) is 0 Å². The van der Waals surface area contributed by atoms with Crippen LogP contribution in [-0.2, 0) is 4.79 Å². The van der Waals surface area contributed by atoms with Gasteiger partial charge in [0.15, 0.2) is 0 Å². The van der Waals surface area contributed by atoms with Crippen LogP contribution in [0.3, 0.4) is 0 Å². The fourth-order valence-corrected chi connectivity index (χ4v) is 3.56. The van der Waals surface area contributed by atoms with E-state index in [1.54, 1.807) is 0 Å². The van der Waals surface area contributed by atoms with E-state index in [4.69, 9.17) is 0 Å². The van der Waals surface area contributed by atoms with E-state index in [9.17, 15) is 4.79 Å². The minimum atomic E-state index is 0.288. The van der Waals surface area contributed by atoms with E-state index in [-0.39, 0.29) is 11.8 Å². The van der Waals surface area contributed by atoms with Crippen molar-refractivity contribution < 1.29 is 4.79 Å². The van der Waals surface area contributed by atoms with E-state index in [2.05, 4.69) is 17.2 Å². The zero-order valence-corrected chi connectivity index (χ0v) is 11.8. The molecule has 1 aliphatic heterocycles. The van der Waals surface area contributed by atoms with Crippen LogP contribution in [0.15, 0.2) is 30.3 Å². The SMILES string of the molecule is O=C1N[C@@H](CCC#Cc2ccccc2)[C@H]2CCCC[C@@H]12. The van der Waals surface area contributed by atoms with Gasteiger partial charge in [0.05, 0.1) is 0 Å². The maximum atomic E-state index is 11.9. The number of hydrogen-bond donors (Lipinski definition) is 1. The summed E-state index contributed by atoms with van der Waals surface area (Å²) < 4.78 is 0. The molecule has 1 amide bonds. The van der Waals surface area contributed by atoms with Crippen molar-refractivity contribution in [2.45, 2.75) is 44.6 Å².